The molecule has 4 heteroatoms. The summed E-state index contributed by atoms with van der Waals surface area (Å²) < 4.78 is 1.59. The Labute approximate surface area is 90.6 Å². The molecule has 1 saturated carbocycles. The van der Waals surface area contributed by atoms with E-state index in [-0.39, 0.29) is 0 Å². The Morgan fingerprint density at radius 3 is 2.53 bits per heavy atom. The minimum Gasteiger partial charge on any atom is -0.382 e. The van der Waals surface area contributed by atoms with E-state index in [1.54, 1.807) is 4.68 Å². The lowest BCUT2D eigenvalue weighted by Crippen LogP contribution is -2.19. The molecule has 1 heterocycles. The Balaban J connectivity index is 2.26. The summed E-state index contributed by atoms with van der Waals surface area (Å²) in [4.78, 5) is 4.56. The van der Waals surface area contributed by atoms with Crippen molar-refractivity contribution in [2.24, 2.45) is 0 Å². The summed E-state index contributed by atoms with van der Waals surface area (Å²) >= 11 is 0. The third-order valence-electron chi connectivity index (χ3n) is 3.36. The molecule has 0 atom stereocenters. The van der Waals surface area contributed by atoms with Gasteiger partial charge in [-0.25, -0.2) is 9.66 Å². The van der Waals surface area contributed by atoms with Gasteiger partial charge in [-0.05, 0) is 19.3 Å². The molecule has 84 valence electrons. The average molecular weight is 208 g/mol. The zero-order chi connectivity index (χ0) is 10.8. The number of aromatic nitrogens is 2. The van der Waals surface area contributed by atoms with Crippen LogP contribution in [0, 0.1) is 0 Å². The zero-order valence-electron chi connectivity index (χ0n) is 9.37. The summed E-state index contributed by atoms with van der Waals surface area (Å²) in [5.41, 5.74) is 6.84. The van der Waals surface area contributed by atoms with Crippen molar-refractivity contribution in [1.29, 1.82) is 0 Å². The number of nitrogen functional groups attached to an aromatic ring is 2. The van der Waals surface area contributed by atoms with Crippen molar-refractivity contribution in [3.63, 3.8) is 0 Å². The highest BCUT2D eigenvalue weighted by molar-refractivity contribution is 5.39. The first kappa shape index (κ1) is 10.3. The molecule has 15 heavy (non-hydrogen) atoms. The van der Waals surface area contributed by atoms with Crippen LogP contribution in [0.15, 0.2) is 0 Å². The molecule has 2 rings (SSSR count). The van der Waals surface area contributed by atoms with Crippen molar-refractivity contribution in [3.05, 3.63) is 11.5 Å². The first-order chi connectivity index (χ1) is 7.24. The van der Waals surface area contributed by atoms with E-state index in [1.807, 2.05) is 0 Å². The first-order valence-electron chi connectivity index (χ1n) is 5.86. The van der Waals surface area contributed by atoms with Crippen LogP contribution in [-0.2, 0) is 6.42 Å². The molecular weight excluding hydrogens is 188 g/mol. The number of nitrogens with zero attached hydrogens (tertiary/aromatic N) is 2. The lowest BCUT2D eigenvalue weighted by molar-refractivity contribution is 0.424. The van der Waals surface area contributed by atoms with Crippen LogP contribution in [0.3, 0.4) is 0 Å². The highest BCUT2D eigenvalue weighted by Gasteiger charge is 2.22. The van der Waals surface area contributed by atoms with Gasteiger partial charge in [0, 0.05) is 5.92 Å². The molecule has 0 aliphatic heterocycles. The van der Waals surface area contributed by atoms with Crippen LogP contribution >= 0.6 is 0 Å². The van der Waals surface area contributed by atoms with Gasteiger partial charge in [0.2, 0.25) is 0 Å². The van der Waals surface area contributed by atoms with E-state index in [0.717, 1.165) is 17.9 Å². The maximum Gasteiger partial charge on any atom is 0.145 e. The van der Waals surface area contributed by atoms with Gasteiger partial charge in [0.25, 0.3) is 0 Å². The molecule has 1 aromatic heterocycles. The quantitative estimate of drug-likeness (QED) is 0.728. The summed E-state index contributed by atoms with van der Waals surface area (Å²) in [6.45, 7) is 2.06. The number of hydrogen-bond acceptors (Lipinski definition) is 3. The van der Waals surface area contributed by atoms with Crippen molar-refractivity contribution in [3.8, 4) is 0 Å². The lowest BCUT2D eigenvalue weighted by atomic mass is 9.89. The fraction of sp³-hybridized carbons (Fsp3) is 0.727. The van der Waals surface area contributed by atoms with Gasteiger partial charge in [0.1, 0.15) is 11.6 Å². The van der Waals surface area contributed by atoms with E-state index in [4.69, 9.17) is 11.6 Å². The van der Waals surface area contributed by atoms with Crippen molar-refractivity contribution in [1.82, 2.24) is 9.66 Å². The van der Waals surface area contributed by atoms with Gasteiger partial charge in [-0.1, -0.05) is 26.2 Å². The SMILES string of the molecule is CCc1nc(C2CCCCC2)n(N)c1N. The maximum atomic E-state index is 5.94. The highest BCUT2D eigenvalue weighted by Crippen LogP contribution is 2.32. The van der Waals surface area contributed by atoms with Gasteiger partial charge in [-0.3, -0.25) is 0 Å². The Bertz CT molecular complexity index is 337. The molecule has 0 amide bonds. The molecule has 0 bridgehead atoms. The Morgan fingerprint density at radius 1 is 1.33 bits per heavy atom. The van der Waals surface area contributed by atoms with E-state index in [9.17, 15) is 0 Å². The summed E-state index contributed by atoms with van der Waals surface area (Å²) in [5.74, 6) is 8.09. The predicted molar refractivity (Wildman–Crippen MR) is 62.0 cm³/mol. The van der Waals surface area contributed by atoms with Gasteiger partial charge in [0.15, 0.2) is 0 Å². The van der Waals surface area contributed by atoms with E-state index in [2.05, 4.69) is 11.9 Å². The molecule has 1 aliphatic carbocycles. The van der Waals surface area contributed by atoms with Crippen LogP contribution in [0.5, 0.6) is 0 Å². The molecule has 0 radical (unpaired) electrons. The third-order valence-corrected chi connectivity index (χ3v) is 3.36. The minimum atomic E-state index is 0.520. The van der Waals surface area contributed by atoms with Crippen LogP contribution in [0.1, 0.15) is 56.5 Å². The molecule has 1 fully saturated rings. The highest BCUT2D eigenvalue weighted by atomic mass is 15.4. The van der Waals surface area contributed by atoms with Crippen LogP contribution in [0.4, 0.5) is 5.82 Å². The van der Waals surface area contributed by atoms with Crippen LogP contribution in [-0.4, -0.2) is 9.66 Å². The molecule has 0 saturated heterocycles. The van der Waals surface area contributed by atoms with E-state index in [0.29, 0.717) is 11.7 Å². The molecule has 0 unspecified atom stereocenters. The lowest BCUT2D eigenvalue weighted by Gasteiger charge is -2.20. The van der Waals surface area contributed by atoms with Crippen LogP contribution in [0.25, 0.3) is 0 Å². The van der Waals surface area contributed by atoms with Gasteiger partial charge >= 0.3 is 0 Å². The minimum absolute atomic E-state index is 0.520. The molecule has 4 N–H and O–H groups in total. The monoisotopic (exact) mass is 208 g/mol. The van der Waals surface area contributed by atoms with Gasteiger partial charge in [0.05, 0.1) is 5.69 Å². The van der Waals surface area contributed by atoms with E-state index < -0.39 is 0 Å². The number of nitrogens with two attached hydrogens (primary N) is 2. The zero-order valence-corrected chi connectivity index (χ0v) is 9.37. The van der Waals surface area contributed by atoms with E-state index in [1.165, 1.54) is 32.1 Å². The topological polar surface area (TPSA) is 69.9 Å². The average Bonchev–Trinajstić information content (AvgIpc) is 2.57. The summed E-state index contributed by atoms with van der Waals surface area (Å²) in [6.07, 6.45) is 7.19. The maximum absolute atomic E-state index is 5.94. The standard InChI is InChI=1S/C11H20N4/c1-2-9-10(12)15(13)11(14-9)8-6-4-3-5-7-8/h8H,2-7,12-13H2,1H3. The van der Waals surface area contributed by atoms with Crippen molar-refractivity contribution in [2.45, 2.75) is 51.4 Å². The smallest absolute Gasteiger partial charge is 0.145 e. The number of imidazole rings is 1. The Kier molecular flexibility index (Phi) is 2.84. The summed E-state index contributed by atoms with van der Waals surface area (Å²) in [6, 6.07) is 0. The number of rotatable bonds is 2. The fourth-order valence-electron chi connectivity index (χ4n) is 2.42. The summed E-state index contributed by atoms with van der Waals surface area (Å²) in [5, 5.41) is 0. The molecule has 0 aromatic carbocycles. The predicted octanol–water partition coefficient (Wildman–Crippen LogP) is 1.79. The second kappa shape index (κ2) is 4.13. The van der Waals surface area contributed by atoms with Crippen molar-refractivity contribution >= 4 is 5.82 Å². The first-order valence-corrected chi connectivity index (χ1v) is 5.86. The van der Waals surface area contributed by atoms with Gasteiger partial charge in [-0.15, -0.1) is 0 Å². The second-order valence-corrected chi connectivity index (χ2v) is 4.36. The van der Waals surface area contributed by atoms with Crippen LogP contribution < -0.4 is 11.6 Å². The molecule has 1 aromatic rings. The molecule has 4 nitrogen and oxygen atoms in total. The van der Waals surface area contributed by atoms with Crippen molar-refractivity contribution in [2.75, 3.05) is 11.6 Å². The van der Waals surface area contributed by atoms with Gasteiger partial charge < -0.3 is 11.6 Å². The largest absolute Gasteiger partial charge is 0.382 e. The Hall–Kier alpha value is -1.19. The molecule has 1 aliphatic rings. The molecular formula is C11H20N4. The van der Waals surface area contributed by atoms with E-state index >= 15 is 0 Å². The summed E-state index contributed by atoms with van der Waals surface area (Å²) in [7, 11) is 0. The van der Waals surface area contributed by atoms with Gasteiger partial charge in [-0.2, -0.15) is 0 Å². The fourth-order valence-corrected chi connectivity index (χ4v) is 2.42. The Morgan fingerprint density at radius 2 is 2.00 bits per heavy atom. The van der Waals surface area contributed by atoms with Crippen molar-refractivity contribution < 1.29 is 0 Å². The number of aryl methyl sites for hydroxylation is 1. The number of anilines is 1. The second-order valence-electron chi connectivity index (χ2n) is 4.36. The van der Waals surface area contributed by atoms with Crippen LogP contribution in [0.2, 0.25) is 0 Å². The number of hydrogen-bond donors (Lipinski definition) is 2. The third kappa shape index (κ3) is 1.80. The normalized spacial score (nSPS) is 18.2. The molecule has 0 spiro atoms.